The van der Waals surface area contributed by atoms with Gasteiger partial charge in [0.15, 0.2) is 0 Å². The van der Waals surface area contributed by atoms with Crippen LogP contribution in [0.3, 0.4) is 0 Å². The minimum Gasteiger partial charge on any atom is -0.496 e. The standard InChI is InChI=1S/C13H16F3NO3/c1-3-8(18)7-9-10(5-4-6-11(9)20-2)17-12(19)13(14,15)16/h4-6,8,18H,3,7H2,1-2H3,(H,17,19). The monoisotopic (exact) mass is 291 g/mol. The molecule has 0 spiro atoms. The van der Waals surface area contributed by atoms with Gasteiger partial charge in [-0.25, -0.2) is 0 Å². The molecule has 7 heteroatoms. The molecule has 0 saturated heterocycles. The largest absolute Gasteiger partial charge is 0.496 e. The van der Waals surface area contributed by atoms with Gasteiger partial charge in [0.1, 0.15) is 5.75 Å². The van der Waals surface area contributed by atoms with E-state index in [-0.39, 0.29) is 12.1 Å². The first kappa shape index (κ1) is 16.3. The second-order valence-electron chi connectivity index (χ2n) is 4.20. The predicted octanol–water partition coefficient (Wildman–Crippen LogP) is 2.51. The summed E-state index contributed by atoms with van der Waals surface area (Å²) in [6, 6.07) is 4.36. The van der Waals surface area contributed by atoms with Crippen molar-refractivity contribution < 1.29 is 27.8 Å². The van der Waals surface area contributed by atoms with Crippen molar-refractivity contribution in [3.05, 3.63) is 23.8 Å². The van der Waals surface area contributed by atoms with Gasteiger partial charge in [-0.3, -0.25) is 4.79 Å². The lowest BCUT2D eigenvalue weighted by atomic mass is 10.0. The van der Waals surface area contributed by atoms with Crippen LogP contribution >= 0.6 is 0 Å². The van der Waals surface area contributed by atoms with Crippen LogP contribution in [0, 0.1) is 0 Å². The lowest BCUT2D eigenvalue weighted by Gasteiger charge is -2.17. The number of anilines is 1. The molecule has 0 aromatic heterocycles. The highest BCUT2D eigenvalue weighted by Gasteiger charge is 2.39. The first-order chi connectivity index (χ1) is 9.29. The molecule has 0 aliphatic rings. The summed E-state index contributed by atoms with van der Waals surface area (Å²) in [4.78, 5) is 11.0. The van der Waals surface area contributed by atoms with Crippen LogP contribution in [0.1, 0.15) is 18.9 Å². The highest BCUT2D eigenvalue weighted by atomic mass is 19.4. The Morgan fingerprint density at radius 3 is 2.60 bits per heavy atom. The molecule has 112 valence electrons. The van der Waals surface area contributed by atoms with Crippen LogP contribution in [-0.2, 0) is 11.2 Å². The van der Waals surface area contributed by atoms with E-state index in [1.807, 2.05) is 0 Å². The Morgan fingerprint density at radius 1 is 1.45 bits per heavy atom. The molecule has 0 aliphatic heterocycles. The first-order valence-corrected chi connectivity index (χ1v) is 6.01. The number of rotatable bonds is 5. The molecule has 4 nitrogen and oxygen atoms in total. The van der Waals surface area contributed by atoms with Gasteiger partial charge in [-0.2, -0.15) is 13.2 Å². The summed E-state index contributed by atoms with van der Waals surface area (Å²) in [5, 5.41) is 11.5. The van der Waals surface area contributed by atoms with Crippen LogP contribution < -0.4 is 10.1 Å². The number of carbonyl (C=O) groups is 1. The summed E-state index contributed by atoms with van der Waals surface area (Å²) >= 11 is 0. The summed E-state index contributed by atoms with van der Waals surface area (Å²) in [5.41, 5.74) is 0.320. The van der Waals surface area contributed by atoms with Gasteiger partial charge in [0, 0.05) is 17.7 Å². The molecule has 1 amide bonds. The smallest absolute Gasteiger partial charge is 0.471 e. The minimum atomic E-state index is -4.97. The number of amides is 1. The number of benzene rings is 1. The van der Waals surface area contributed by atoms with E-state index in [0.717, 1.165) is 0 Å². The zero-order chi connectivity index (χ0) is 15.3. The quantitative estimate of drug-likeness (QED) is 0.876. The lowest BCUT2D eigenvalue weighted by Crippen LogP contribution is -2.30. The number of hydrogen-bond acceptors (Lipinski definition) is 3. The number of aliphatic hydroxyl groups excluding tert-OH is 1. The van der Waals surface area contributed by atoms with Crippen molar-refractivity contribution in [1.29, 1.82) is 0 Å². The number of hydrogen-bond donors (Lipinski definition) is 2. The fourth-order valence-electron chi connectivity index (χ4n) is 1.66. The molecule has 0 aliphatic carbocycles. The molecule has 20 heavy (non-hydrogen) atoms. The Morgan fingerprint density at radius 2 is 2.10 bits per heavy atom. The molecule has 0 heterocycles. The maximum Gasteiger partial charge on any atom is 0.471 e. The van der Waals surface area contributed by atoms with Crippen LogP contribution in [0.2, 0.25) is 0 Å². The van der Waals surface area contributed by atoms with Crippen molar-refractivity contribution in [3.63, 3.8) is 0 Å². The Labute approximate surface area is 114 Å². The molecule has 1 atom stereocenters. The molecular weight excluding hydrogens is 275 g/mol. The summed E-state index contributed by atoms with van der Waals surface area (Å²) < 4.78 is 41.9. The summed E-state index contributed by atoms with van der Waals surface area (Å²) in [5.74, 6) is -1.74. The van der Waals surface area contributed by atoms with E-state index in [1.54, 1.807) is 18.3 Å². The first-order valence-electron chi connectivity index (χ1n) is 6.01. The Kier molecular flexibility index (Phi) is 5.38. The van der Waals surface area contributed by atoms with Crippen molar-refractivity contribution in [2.75, 3.05) is 12.4 Å². The molecule has 0 saturated carbocycles. The second-order valence-corrected chi connectivity index (χ2v) is 4.20. The molecule has 2 N–H and O–H groups in total. The van der Waals surface area contributed by atoms with Crippen LogP contribution in [0.4, 0.5) is 18.9 Å². The number of aliphatic hydroxyl groups is 1. The average molecular weight is 291 g/mol. The third-order valence-electron chi connectivity index (χ3n) is 2.77. The van der Waals surface area contributed by atoms with E-state index in [1.165, 1.54) is 19.2 Å². The van der Waals surface area contributed by atoms with E-state index >= 15 is 0 Å². The Balaban J connectivity index is 3.09. The number of carbonyl (C=O) groups excluding carboxylic acids is 1. The number of alkyl halides is 3. The summed E-state index contributed by atoms with van der Waals surface area (Å²) in [6.45, 7) is 1.74. The molecular formula is C13H16F3NO3. The van der Waals surface area contributed by atoms with E-state index in [9.17, 15) is 23.1 Å². The zero-order valence-electron chi connectivity index (χ0n) is 11.1. The lowest BCUT2D eigenvalue weighted by molar-refractivity contribution is -0.167. The van der Waals surface area contributed by atoms with E-state index in [0.29, 0.717) is 17.7 Å². The molecule has 1 unspecified atom stereocenters. The van der Waals surface area contributed by atoms with Crippen molar-refractivity contribution in [2.45, 2.75) is 32.0 Å². The minimum absolute atomic E-state index is 0.0147. The van der Waals surface area contributed by atoms with Gasteiger partial charge in [0.2, 0.25) is 0 Å². The highest BCUT2D eigenvalue weighted by Crippen LogP contribution is 2.29. The summed E-state index contributed by atoms with van der Waals surface area (Å²) in [6.07, 6.45) is -5.17. The molecule has 1 aromatic rings. The zero-order valence-corrected chi connectivity index (χ0v) is 11.1. The molecule has 1 aromatic carbocycles. The van der Waals surface area contributed by atoms with Crippen LogP contribution in [0.25, 0.3) is 0 Å². The highest BCUT2D eigenvalue weighted by molar-refractivity contribution is 5.95. The van der Waals surface area contributed by atoms with Gasteiger partial charge in [-0.15, -0.1) is 0 Å². The fraction of sp³-hybridized carbons (Fsp3) is 0.462. The summed E-state index contributed by atoms with van der Waals surface area (Å²) in [7, 11) is 1.37. The number of nitrogens with one attached hydrogen (secondary N) is 1. The van der Waals surface area contributed by atoms with Crippen molar-refractivity contribution in [1.82, 2.24) is 0 Å². The van der Waals surface area contributed by atoms with Gasteiger partial charge in [0.05, 0.1) is 13.2 Å². The van der Waals surface area contributed by atoms with Gasteiger partial charge in [0.25, 0.3) is 0 Å². The van der Waals surface area contributed by atoms with Gasteiger partial charge in [-0.05, 0) is 18.6 Å². The van der Waals surface area contributed by atoms with Crippen molar-refractivity contribution in [2.24, 2.45) is 0 Å². The van der Waals surface area contributed by atoms with Crippen LogP contribution in [0.5, 0.6) is 5.75 Å². The number of ether oxygens (including phenoxy) is 1. The Bertz CT molecular complexity index is 474. The number of methoxy groups -OCH3 is 1. The maximum atomic E-state index is 12.3. The van der Waals surface area contributed by atoms with Gasteiger partial charge < -0.3 is 15.2 Å². The van der Waals surface area contributed by atoms with Crippen molar-refractivity contribution >= 4 is 11.6 Å². The Hall–Kier alpha value is -1.76. The molecule has 0 fully saturated rings. The van der Waals surface area contributed by atoms with Crippen LogP contribution in [-0.4, -0.2) is 30.4 Å². The topological polar surface area (TPSA) is 58.6 Å². The molecule has 0 radical (unpaired) electrons. The normalized spacial score (nSPS) is 12.9. The number of halogens is 3. The van der Waals surface area contributed by atoms with E-state index in [4.69, 9.17) is 4.74 Å². The third kappa shape index (κ3) is 4.12. The molecule has 0 bridgehead atoms. The second kappa shape index (κ2) is 6.60. The van der Waals surface area contributed by atoms with E-state index in [2.05, 4.69) is 0 Å². The van der Waals surface area contributed by atoms with Crippen LogP contribution in [0.15, 0.2) is 18.2 Å². The fourth-order valence-corrected chi connectivity index (χ4v) is 1.66. The molecule has 1 rings (SSSR count). The SMILES string of the molecule is CCC(O)Cc1c(NC(=O)C(F)(F)F)cccc1OC. The maximum absolute atomic E-state index is 12.3. The predicted molar refractivity (Wildman–Crippen MR) is 67.7 cm³/mol. The van der Waals surface area contributed by atoms with Gasteiger partial charge >= 0.3 is 12.1 Å². The average Bonchev–Trinajstić information content (AvgIpc) is 2.39. The van der Waals surface area contributed by atoms with E-state index < -0.39 is 18.2 Å². The van der Waals surface area contributed by atoms with Crippen molar-refractivity contribution in [3.8, 4) is 5.75 Å². The third-order valence-corrected chi connectivity index (χ3v) is 2.77. The van der Waals surface area contributed by atoms with Gasteiger partial charge in [-0.1, -0.05) is 13.0 Å².